The Kier molecular flexibility index (Phi) is 8.77. The molecule has 276 valence electrons. The summed E-state index contributed by atoms with van der Waals surface area (Å²) in [6.45, 7) is 8.91. The Bertz CT molecular complexity index is 2320. The number of hydrogen-bond donors (Lipinski definition) is 2. The van der Waals surface area contributed by atoms with Gasteiger partial charge in [0.15, 0.2) is 5.60 Å². The van der Waals surface area contributed by atoms with Crippen molar-refractivity contribution in [3.8, 4) is 11.4 Å². The number of hydrogen-bond acceptors (Lipinski definition) is 10. The largest absolute Gasteiger partial charge is 0.458 e. The van der Waals surface area contributed by atoms with Crippen molar-refractivity contribution in [2.24, 2.45) is 5.41 Å². The van der Waals surface area contributed by atoms with Gasteiger partial charge in [0.05, 0.1) is 40.3 Å². The first-order valence-corrected chi connectivity index (χ1v) is 20.1. The molecule has 0 unspecified atom stereocenters. The maximum atomic E-state index is 15.4. The fourth-order valence-corrected chi connectivity index (χ4v) is 11.1. The second kappa shape index (κ2) is 13.0. The van der Waals surface area contributed by atoms with E-state index < -0.39 is 46.6 Å². The smallest absolute Gasteiger partial charge is 0.407 e. The van der Waals surface area contributed by atoms with Gasteiger partial charge in [-0.15, -0.1) is 0 Å². The van der Waals surface area contributed by atoms with Gasteiger partial charge in [-0.3, -0.25) is 9.59 Å². The van der Waals surface area contributed by atoms with E-state index in [9.17, 15) is 24.3 Å². The van der Waals surface area contributed by atoms with Gasteiger partial charge in [0, 0.05) is 34.4 Å². The van der Waals surface area contributed by atoms with Crippen LogP contribution in [0, 0.1) is 18.2 Å². The summed E-state index contributed by atoms with van der Waals surface area (Å²) in [6, 6.07) is 10.5. The van der Waals surface area contributed by atoms with Crippen LogP contribution in [-0.2, 0) is 57.1 Å². The third-order valence-corrected chi connectivity index (χ3v) is 14.2. The highest BCUT2D eigenvalue weighted by atomic mass is 33.1. The summed E-state index contributed by atoms with van der Waals surface area (Å²) in [6.07, 6.45) is 0.995. The van der Waals surface area contributed by atoms with Crippen LogP contribution in [0.3, 0.4) is 0 Å². The van der Waals surface area contributed by atoms with Crippen molar-refractivity contribution in [2.45, 2.75) is 103 Å². The molecule has 0 saturated heterocycles. The molecule has 2 N–H and O–H groups in total. The van der Waals surface area contributed by atoms with Crippen LogP contribution >= 0.6 is 21.6 Å². The average molecular weight is 758 g/mol. The number of esters is 1. The first-order valence-electron chi connectivity index (χ1n) is 17.9. The van der Waals surface area contributed by atoms with E-state index in [0.29, 0.717) is 53.7 Å². The monoisotopic (exact) mass is 757 g/mol. The number of aromatic nitrogens is 2. The van der Waals surface area contributed by atoms with Gasteiger partial charge < -0.3 is 24.5 Å². The summed E-state index contributed by atoms with van der Waals surface area (Å²) in [7, 11) is 2.64. The Balaban J connectivity index is 1.16. The fraction of sp³-hybridized carbons (Fsp3) is 0.425. The van der Waals surface area contributed by atoms with Crippen molar-refractivity contribution in [1.29, 1.82) is 0 Å². The van der Waals surface area contributed by atoms with E-state index in [0.717, 1.165) is 22.1 Å². The molecular weight excluding hydrogens is 718 g/mol. The number of nitrogens with zero attached hydrogens (tertiary/aromatic N) is 2. The van der Waals surface area contributed by atoms with E-state index in [4.69, 9.17) is 14.5 Å². The summed E-state index contributed by atoms with van der Waals surface area (Å²) in [5, 5.41) is 15.1. The number of nitrogens with one attached hydrogen (secondary N) is 1. The summed E-state index contributed by atoms with van der Waals surface area (Å²) in [4.78, 5) is 58.4. The molecule has 0 fully saturated rings. The van der Waals surface area contributed by atoms with E-state index in [1.165, 1.54) is 33.2 Å². The first-order chi connectivity index (χ1) is 25.2. The first kappa shape index (κ1) is 35.8. The topological polar surface area (TPSA) is 137 Å². The molecule has 0 spiro atoms. The van der Waals surface area contributed by atoms with Crippen molar-refractivity contribution < 1.29 is 33.4 Å². The third-order valence-electron chi connectivity index (χ3n) is 11.2. The molecule has 13 heteroatoms. The minimum atomic E-state index is -1.99. The number of rotatable bonds is 5. The van der Waals surface area contributed by atoms with Crippen LogP contribution in [-0.4, -0.2) is 43.2 Å². The van der Waals surface area contributed by atoms with Crippen molar-refractivity contribution in [1.82, 2.24) is 14.9 Å². The van der Waals surface area contributed by atoms with Crippen LogP contribution in [0.1, 0.15) is 91.1 Å². The minimum absolute atomic E-state index is 0.00443. The quantitative estimate of drug-likeness (QED) is 0.147. The number of benzene rings is 2. The predicted molar refractivity (Wildman–Crippen MR) is 201 cm³/mol. The number of aryl methyl sites for hydroxylation is 1. The van der Waals surface area contributed by atoms with Gasteiger partial charge in [-0.1, -0.05) is 62.8 Å². The summed E-state index contributed by atoms with van der Waals surface area (Å²) in [5.41, 5.74) is 3.74. The van der Waals surface area contributed by atoms with Crippen LogP contribution in [0.4, 0.5) is 9.18 Å². The van der Waals surface area contributed by atoms with Crippen LogP contribution in [0.5, 0.6) is 0 Å². The molecule has 4 aromatic rings. The van der Waals surface area contributed by atoms with E-state index in [-0.39, 0.29) is 41.1 Å². The number of alkyl carbamates (subject to hydrolysis) is 1. The molecule has 4 aliphatic rings. The highest BCUT2D eigenvalue weighted by Crippen LogP contribution is 2.46. The van der Waals surface area contributed by atoms with Crippen LogP contribution in [0.15, 0.2) is 41.2 Å². The molecule has 2 aromatic carbocycles. The van der Waals surface area contributed by atoms with Crippen LogP contribution in [0.2, 0.25) is 0 Å². The standard InChI is InChI=1S/C40H40FN3O7S2/c1-6-40(49)25-15-29-34-23(17-44(29)35(45)24(25)18-50-36(40)46)33-27(12-11-22-19(2)26(41)16-28(42-34)32(22)33)43-38(48)51-30-13-20-9-7-8-10-21(20)14-31(30)52-53-37(47)39(3,4)5/h7-10,15-16,27,30-31,49H,6,11-14,17-18H2,1-5H3,(H,43,48)/t27-,30+,31+,40-/m0/s1. The second-order valence-corrected chi connectivity index (χ2v) is 17.8. The Labute approximate surface area is 313 Å². The lowest BCUT2D eigenvalue weighted by Crippen LogP contribution is -2.44. The van der Waals surface area contributed by atoms with Gasteiger partial charge in [0.1, 0.15) is 18.5 Å². The lowest BCUT2D eigenvalue weighted by Gasteiger charge is -2.33. The minimum Gasteiger partial charge on any atom is -0.458 e. The van der Waals surface area contributed by atoms with E-state index in [1.807, 2.05) is 39.0 Å². The molecule has 0 saturated carbocycles. The number of pyridine rings is 2. The van der Waals surface area contributed by atoms with Crippen LogP contribution < -0.4 is 10.9 Å². The number of carbonyl (C=O) groups is 3. The molecule has 2 aliphatic carbocycles. The number of fused-ring (bicyclic) bond motifs is 6. The van der Waals surface area contributed by atoms with E-state index >= 15 is 4.39 Å². The second-order valence-electron chi connectivity index (χ2n) is 15.4. The predicted octanol–water partition coefficient (Wildman–Crippen LogP) is 6.73. The molecule has 4 heterocycles. The van der Waals surface area contributed by atoms with Gasteiger partial charge in [-0.25, -0.2) is 19.0 Å². The number of halogens is 1. The summed E-state index contributed by atoms with van der Waals surface area (Å²) >= 11 is 0. The normalized spacial score (nSPS) is 22.7. The van der Waals surface area contributed by atoms with Crippen molar-refractivity contribution in [3.63, 3.8) is 0 Å². The Morgan fingerprint density at radius 1 is 1.13 bits per heavy atom. The highest BCUT2D eigenvalue weighted by Gasteiger charge is 2.46. The maximum Gasteiger partial charge on any atom is 0.407 e. The Hall–Kier alpha value is -4.20. The molecule has 1 amide bonds. The fourth-order valence-electron chi connectivity index (χ4n) is 8.11. The average Bonchev–Trinajstić information content (AvgIpc) is 3.49. The molecule has 2 aliphatic heterocycles. The molecule has 0 bridgehead atoms. The van der Waals surface area contributed by atoms with Crippen molar-refractivity contribution in [2.75, 3.05) is 0 Å². The molecule has 10 nitrogen and oxygen atoms in total. The lowest BCUT2D eigenvalue weighted by atomic mass is 9.81. The molecule has 4 atom stereocenters. The summed E-state index contributed by atoms with van der Waals surface area (Å²) in [5.74, 6) is -1.22. The SMILES string of the molecule is CC[C@@]1(O)C(=O)OCc2c1cc1n(c2=O)Cc2c-1nc1cc(F)c(C)c3c1c2[C@@H](NC(=O)O[C@@H]1Cc2ccccc2C[C@H]1SSC(=O)C(C)(C)C)CC3. The molecule has 8 rings (SSSR count). The number of ether oxygens (including phenoxy) is 2. The zero-order valence-corrected chi connectivity index (χ0v) is 31.8. The molecule has 53 heavy (non-hydrogen) atoms. The molecular formula is C40H40FN3O7S2. The number of aliphatic hydroxyl groups is 1. The number of carbonyl (C=O) groups excluding carboxylic acids is 3. The van der Waals surface area contributed by atoms with Gasteiger partial charge in [0.2, 0.25) is 5.12 Å². The van der Waals surface area contributed by atoms with Gasteiger partial charge >= 0.3 is 12.1 Å². The number of cyclic esters (lactones) is 1. The zero-order chi connectivity index (χ0) is 37.6. The number of amides is 1. The van der Waals surface area contributed by atoms with E-state index in [2.05, 4.69) is 11.4 Å². The van der Waals surface area contributed by atoms with E-state index in [1.54, 1.807) is 24.5 Å². The summed E-state index contributed by atoms with van der Waals surface area (Å²) < 4.78 is 28.4. The highest BCUT2D eigenvalue weighted by molar-refractivity contribution is 8.82. The van der Waals surface area contributed by atoms with Crippen LogP contribution in [0.25, 0.3) is 22.3 Å². The van der Waals surface area contributed by atoms with Crippen molar-refractivity contribution >= 4 is 49.7 Å². The third kappa shape index (κ3) is 5.86. The molecule has 0 radical (unpaired) electrons. The van der Waals surface area contributed by atoms with Gasteiger partial charge in [0.25, 0.3) is 5.56 Å². The molecule has 2 aromatic heterocycles. The van der Waals surface area contributed by atoms with Gasteiger partial charge in [-0.2, -0.15) is 0 Å². The van der Waals surface area contributed by atoms with Crippen molar-refractivity contribution in [3.05, 3.63) is 97.1 Å². The van der Waals surface area contributed by atoms with Gasteiger partial charge in [-0.05, 0) is 77.3 Å². The Morgan fingerprint density at radius 3 is 2.58 bits per heavy atom. The Morgan fingerprint density at radius 2 is 1.87 bits per heavy atom. The maximum absolute atomic E-state index is 15.4. The lowest BCUT2D eigenvalue weighted by molar-refractivity contribution is -0.172. The zero-order valence-electron chi connectivity index (χ0n) is 30.1.